The molecule has 1 fully saturated rings. The fourth-order valence-electron chi connectivity index (χ4n) is 2.21. The third kappa shape index (κ3) is 1.50. The van der Waals surface area contributed by atoms with Crippen molar-refractivity contribution in [3.63, 3.8) is 0 Å². The molecule has 0 radical (unpaired) electrons. The zero-order valence-electron chi connectivity index (χ0n) is 8.15. The summed E-state index contributed by atoms with van der Waals surface area (Å²) >= 11 is 37.3. The highest BCUT2D eigenvalue weighted by atomic mass is 35.5. The van der Waals surface area contributed by atoms with Gasteiger partial charge in [-0.15, -0.1) is 23.2 Å². The van der Waals surface area contributed by atoms with Gasteiger partial charge in [-0.3, -0.25) is 4.21 Å². The van der Waals surface area contributed by atoms with Gasteiger partial charge in [-0.2, -0.15) is 0 Å². The van der Waals surface area contributed by atoms with Crippen molar-refractivity contribution in [2.75, 3.05) is 0 Å². The first kappa shape index (κ1) is 14.8. The topological polar surface area (TPSA) is 17.1 Å². The minimum Gasteiger partial charge on any atom is -0.255 e. The van der Waals surface area contributed by atoms with Crippen LogP contribution in [-0.4, -0.2) is 23.5 Å². The average molecular weight is 375 g/mol. The third-order valence-electron chi connectivity index (χ3n) is 3.17. The second-order valence-corrected chi connectivity index (χ2v) is 8.79. The highest BCUT2D eigenvalue weighted by molar-refractivity contribution is 7.88. The van der Waals surface area contributed by atoms with Crippen LogP contribution in [0.1, 0.15) is 6.42 Å². The molecule has 0 saturated heterocycles. The van der Waals surface area contributed by atoms with E-state index in [1.165, 1.54) is 5.41 Å². The van der Waals surface area contributed by atoms with E-state index < -0.39 is 30.1 Å². The molecule has 0 aromatic rings. The van der Waals surface area contributed by atoms with Crippen molar-refractivity contribution in [3.05, 3.63) is 22.1 Å². The molecule has 0 heterocycles. The molecular formula is C9H6Cl6OS. The largest absolute Gasteiger partial charge is 0.255 e. The summed E-state index contributed by atoms with van der Waals surface area (Å²) in [5.74, 6) is 0. The van der Waals surface area contributed by atoms with Crippen LogP contribution in [-0.2, 0) is 10.8 Å². The second-order valence-electron chi connectivity index (χ2n) is 3.90. The van der Waals surface area contributed by atoms with Gasteiger partial charge >= 0.3 is 0 Å². The molecule has 0 aromatic carbocycles. The highest BCUT2D eigenvalue weighted by Gasteiger charge is 2.79. The van der Waals surface area contributed by atoms with Gasteiger partial charge in [-0.25, -0.2) is 0 Å². The maximum atomic E-state index is 11.9. The Hall–Kier alpha value is 1.37. The van der Waals surface area contributed by atoms with Crippen molar-refractivity contribution < 1.29 is 4.21 Å². The van der Waals surface area contributed by atoms with Crippen molar-refractivity contribution in [2.45, 2.75) is 25.8 Å². The molecule has 2 bridgehead atoms. The smallest absolute Gasteiger partial charge is 0.167 e. The Kier molecular flexibility index (Phi) is 3.63. The quantitative estimate of drug-likeness (QED) is 0.651. The molecule has 1 nitrogen and oxygen atoms in total. The lowest BCUT2D eigenvalue weighted by molar-refractivity contribution is 0.652. The first-order valence-electron chi connectivity index (χ1n) is 4.48. The van der Waals surface area contributed by atoms with E-state index in [9.17, 15) is 4.21 Å². The van der Waals surface area contributed by atoms with Gasteiger partial charge in [0.25, 0.3) is 0 Å². The molecule has 0 spiro atoms. The maximum Gasteiger partial charge on any atom is 0.167 e. The summed E-state index contributed by atoms with van der Waals surface area (Å²) in [6.45, 7) is 3.45. The highest BCUT2D eigenvalue weighted by Crippen LogP contribution is 2.73. The van der Waals surface area contributed by atoms with Crippen molar-refractivity contribution in [3.8, 4) is 0 Å². The number of hydrogen-bond donors (Lipinski definition) is 0. The molecule has 17 heavy (non-hydrogen) atoms. The lowest BCUT2D eigenvalue weighted by Crippen LogP contribution is -2.46. The summed E-state index contributed by atoms with van der Waals surface area (Å²) in [6, 6.07) is 0. The lowest BCUT2D eigenvalue weighted by atomic mass is 10.1. The second kappa shape index (κ2) is 4.18. The summed E-state index contributed by atoms with van der Waals surface area (Å²) in [7, 11) is -1.45. The van der Waals surface area contributed by atoms with Gasteiger partial charge in [-0.05, 0) is 11.8 Å². The monoisotopic (exact) mass is 372 g/mol. The molecular weight excluding hydrogens is 369 g/mol. The zero-order valence-corrected chi connectivity index (χ0v) is 13.5. The number of hydrogen-bond acceptors (Lipinski definition) is 1. The maximum absolute atomic E-state index is 11.9. The van der Waals surface area contributed by atoms with E-state index in [1.807, 2.05) is 0 Å². The van der Waals surface area contributed by atoms with Crippen molar-refractivity contribution >= 4 is 80.4 Å². The van der Waals surface area contributed by atoms with Crippen LogP contribution in [0.15, 0.2) is 22.1 Å². The Morgan fingerprint density at radius 2 is 1.76 bits per heavy atom. The summed E-state index contributed by atoms with van der Waals surface area (Å²) in [5, 5.41) is 0.826. The number of alkyl halides is 4. The molecule has 2 aliphatic carbocycles. The Bertz CT molecular complexity index is 460. The van der Waals surface area contributed by atoms with Crippen LogP contribution in [0.4, 0.5) is 0 Å². The normalized spacial score (nSPS) is 45.2. The minimum absolute atomic E-state index is 0.0623. The van der Waals surface area contributed by atoms with E-state index in [4.69, 9.17) is 69.6 Å². The lowest BCUT2D eigenvalue weighted by Gasteiger charge is -2.32. The van der Waals surface area contributed by atoms with E-state index >= 15 is 0 Å². The fourth-order valence-corrected chi connectivity index (χ4v) is 6.69. The Balaban J connectivity index is 2.66. The van der Waals surface area contributed by atoms with E-state index in [0.29, 0.717) is 0 Å². The predicted molar refractivity (Wildman–Crippen MR) is 77.1 cm³/mol. The molecule has 4 unspecified atom stereocenters. The van der Waals surface area contributed by atoms with Gasteiger partial charge in [0, 0.05) is 0 Å². The van der Waals surface area contributed by atoms with Crippen LogP contribution >= 0.6 is 69.6 Å². The standard InChI is InChI=1S/C9H6Cl6OS/c1-2-17(16)4-3-7(12)5(10)6(11)8(4,13)9(7,14)15/h2,4H,1,3H2. The van der Waals surface area contributed by atoms with Crippen LogP contribution in [0.5, 0.6) is 0 Å². The van der Waals surface area contributed by atoms with Crippen LogP contribution in [0.3, 0.4) is 0 Å². The van der Waals surface area contributed by atoms with E-state index in [-0.39, 0.29) is 16.5 Å². The van der Waals surface area contributed by atoms with Gasteiger partial charge < -0.3 is 0 Å². The van der Waals surface area contributed by atoms with Gasteiger partial charge in [-0.1, -0.05) is 53.0 Å². The molecule has 8 heteroatoms. The molecule has 0 aliphatic heterocycles. The van der Waals surface area contributed by atoms with Crippen LogP contribution in [0, 0.1) is 0 Å². The summed E-state index contributed by atoms with van der Waals surface area (Å²) in [6.07, 6.45) is 0.179. The Labute approximate surface area is 131 Å². The van der Waals surface area contributed by atoms with Gasteiger partial charge in [0.2, 0.25) is 0 Å². The number of halogens is 6. The van der Waals surface area contributed by atoms with Crippen molar-refractivity contribution in [2.24, 2.45) is 0 Å². The average Bonchev–Trinajstić information content (AvgIpc) is 2.49. The fraction of sp³-hybridized carbons (Fsp3) is 0.556. The number of fused-ring (bicyclic) bond motifs is 2. The SMILES string of the molecule is C=CS(=O)C1CC2(Cl)C(Cl)=C(Cl)C1(Cl)C2(Cl)Cl. The molecule has 1 saturated carbocycles. The summed E-state index contributed by atoms with van der Waals surface area (Å²) in [5.41, 5.74) is 0. The van der Waals surface area contributed by atoms with Gasteiger partial charge in [0.15, 0.2) is 4.33 Å². The molecule has 0 aromatic heterocycles. The van der Waals surface area contributed by atoms with E-state index in [1.54, 1.807) is 0 Å². The van der Waals surface area contributed by atoms with Gasteiger partial charge in [0.05, 0.1) is 26.1 Å². The van der Waals surface area contributed by atoms with Crippen molar-refractivity contribution in [1.82, 2.24) is 0 Å². The van der Waals surface area contributed by atoms with E-state index in [2.05, 4.69) is 6.58 Å². The first-order chi connectivity index (χ1) is 7.64. The van der Waals surface area contributed by atoms with Crippen LogP contribution < -0.4 is 0 Å². The Morgan fingerprint density at radius 1 is 1.24 bits per heavy atom. The molecule has 2 aliphatic rings. The van der Waals surface area contributed by atoms with Gasteiger partial charge in [0.1, 0.15) is 9.75 Å². The minimum atomic E-state index is -1.61. The third-order valence-corrected chi connectivity index (χ3v) is 8.99. The van der Waals surface area contributed by atoms with Crippen LogP contribution in [0.2, 0.25) is 0 Å². The van der Waals surface area contributed by atoms with Crippen molar-refractivity contribution in [1.29, 1.82) is 0 Å². The molecule has 96 valence electrons. The number of rotatable bonds is 2. The molecule has 2 rings (SSSR count). The first-order valence-corrected chi connectivity index (χ1v) is 8.02. The van der Waals surface area contributed by atoms with Crippen LogP contribution in [0.25, 0.3) is 0 Å². The predicted octanol–water partition coefficient (Wildman–Crippen LogP) is 4.48. The summed E-state index contributed by atoms with van der Waals surface area (Å²) < 4.78 is 10.3. The molecule has 0 amide bonds. The molecule has 4 atom stereocenters. The zero-order chi connectivity index (χ0) is 13.2. The summed E-state index contributed by atoms with van der Waals surface area (Å²) in [4.78, 5) is -2.75. The number of allylic oxidation sites excluding steroid dienone is 2. The molecule has 0 N–H and O–H groups in total. The van der Waals surface area contributed by atoms with E-state index in [0.717, 1.165) is 0 Å². The Morgan fingerprint density at radius 3 is 2.12 bits per heavy atom.